The van der Waals surface area contributed by atoms with E-state index in [0.29, 0.717) is 0 Å². The van der Waals surface area contributed by atoms with Gasteiger partial charge in [-0.15, -0.1) is 0 Å². The van der Waals surface area contributed by atoms with Crippen LogP contribution in [0.2, 0.25) is 0 Å². The van der Waals surface area contributed by atoms with Crippen LogP contribution in [-0.4, -0.2) is 5.16 Å². The third kappa shape index (κ3) is 1.08. The van der Waals surface area contributed by atoms with Gasteiger partial charge in [0.15, 0.2) is 5.58 Å². The molecule has 0 saturated carbocycles. The van der Waals surface area contributed by atoms with Crippen molar-refractivity contribution in [1.82, 2.24) is 5.16 Å². The largest absolute Gasteiger partial charge is 0.356 e. The molecule has 0 atom stereocenters. The van der Waals surface area contributed by atoms with Crippen LogP contribution >= 0.6 is 0 Å². The molecular formula is C13H11NO. The molecule has 0 unspecified atom stereocenters. The van der Waals surface area contributed by atoms with Crippen LogP contribution in [0.15, 0.2) is 34.9 Å². The lowest BCUT2D eigenvalue weighted by Gasteiger charge is -2.01. The predicted molar refractivity (Wildman–Crippen MR) is 61.0 cm³/mol. The highest BCUT2D eigenvalue weighted by atomic mass is 16.5. The maximum atomic E-state index is 5.34. The molecule has 0 fully saturated rings. The molecular weight excluding hydrogens is 186 g/mol. The molecule has 0 aliphatic heterocycles. The summed E-state index contributed by atoms with van der Waals surface area (Å²) in [7, 11) is 0. The number of fused-ring (bicyclic) bond motifs is 2. The summed E-state index contributed by atoms with van der Waals surface area (Å²) in [5.74, 6) is 0. The maximum absolute atomic E-state index is 5.34. The summed E-state index contributed by atoms with van der Waals surface area (Å²) < 4.78 is 5.34. The Kier molecular flexibility index (Phi) is 1.60. The van der Waals surface area contributed by atoms with Crippen LogP contribution in [0.25, 0.3) is 21.7 Å². The first-order valence-corrected chi connectivity index (χ1v) is 5.02. The average molecular weight is 197 g/mol. The van der Waals surface area contributed by atoms with Gasteiger partial charge in [-0.05, 0) is 30.7 Å². The van der Waals surface area contributed by atoms with Gasteiger partial charge in [0.05, 0.1) is 5.69 Å². The lowest BCUT2D eigenvalue weighted by molar-refractivity contribution is 0.449. The third-order valence-corrected chi connectivity index (χ3v) is 2.91. The van der Waals surface area contributed by atoms with Gasteiger partial charge in [0.25, 0.3) is 0 Å². The van der Waals surface area contributed by atoms with Gasteiger partial charge in [-0.1, -0.05) is 29.4 Å². The quantitative estimate of drug-likeness (QED) is 0.550. The van der Waals surface area contributed by atoms with Crippen LogP contribution in [0, 0.1) is 13.8 Å². The van der Waals surface area contributed by atoms with Crippen LogP contribution < -0.4 is 0 Å². The molecule has 0 saturated heterocycles. The minimum Gasteiger partial charge on any atom is -0.356 e. The minimum atomic E-state index is 0.909. The lowest BCUT2D eigenvalue weighted by Crippen LogP contribution is -1.80. The summed E-state index contributed by atoms with van der Waals surface area (Å²) >= 11 is 0. The predicted octanol–water partition coefficient (Wildman–Crippen LogP) is 3.60. The Morgan fingerprint density at radius 3 is 2.73 bits per heavy atom. The van der Waals surface area contributed by atoms with E-state index in [4.69, 9.17) is 4.52 Å². The first-order valence-electron chi connectivity index (χ1n) is 5.02. The highest BCUT2D eigenvalue weighted by molar-refractivity contribution is 6.00. The Morgan fingerprint density at radius 1 is 1.07 bits per heavy atom. The van der Waals surface area contributed by atoms with Crippen LogP contribution in [0.1, 0.15) is 11.3 Å². The van der Waals surface area contributed by atoms with E-state index in [1.54, 1.807) is 0 Å². The van der Waals surface area contributed by atoms with Gasteiger partial charge >= 0.3 is 0 Å². The number of aryl methyl sites for hydroxylation is 2. The highest BCUT2D eigenvalue weighted by Crippen LogP contribution is 2.29. The Balaban J connectivity index is 2.61. The van der Waals surface area contributed by atoms with Crippen LogP contribution in [0.3, 0.4) is 0 Å². The second-order valence-corrected chi connectivity index (χ2v) is 3.87. The molecule has 2 heteroatoms. The van der Waals surface area contributed by atoms with Crippen molar-refractivity contribution in [2.24, 2.45) is 0 Å². The molecule has 15 heavy (non-hydrogen) atoms. The Morgan fingerprint density at radius 2 is 1.87 bits per heavy atom. The zero-order chi connectivity index (χ0) is 10.4. The zero-order valence-electron chi connectivity index (χ0n) is 8.74. The van der Waals surface area contributed by atoms with E-state index in [2.05, 4.69) is 36.3 Å². The summed E-state index contributed by atoms with van der Waals surface area (Å²) in [5, 5.41) is 7.60. The van der Waals surface area contributed by atoms with Crippen molar-refractivity contribution in [3.63, 3.8) is 0 Å². The average Bonchev–Trinajstić information content (AvgIpc) is 2.62. The van der Waals surface area contributed by atoms with Gasteiger partial charge in [-0.25, -0.2) is 0 Å². The number of rotatable bonds is 0. The van der Waals surface area contributed by atoms with Gasteiger partial charge in [0.1, 0.15) is 0 Å². The van der Waals surface area contributed by atoms with E-state index in [1.165, 1.54) is 16.3 Å². The topological polar surface area (TPSA) is 26.0 Å². The van der Waals surface area contributed by atoms with Crippen molar-refractivity contribution in [1.29, 1.82) is 0 Å². The first kappa shape index (κ1) is 8.48. The zero-order valence-corrected chi connectivity index (χ0v) is 8.74. The molecule has 74 valence electrons. The van der Waals surface area contributed by atoms with Gasteiger partial charge in [-0.2, -0.15) is 0 Å². The molecule has 0 radical (unpaired) electrons. The van der Waals surface area contributed by atoms with Crippen molar-refractivity contribution in [2.75, 3.05) is 0 Å². The van der Waals surface area contributed by atoms with Crippen molar-refractivity contribution in [3.05, 3.63) is 41.6 Å². The van der Waals surface area contributed by atoms with Crippen LogP contribution in [-0.2, 0) is 0 Å². The molecule has 3 aromatic rings. The molecule has 0 aliphatic carbocycles. The number of aromatic nitrogens is 1. The van der Waals surface area contributed by atoms with E-state index in [0.717, 1.165) is 16.7 Å². The second kappa shape index (κ2) is 2.83. The first-order chi connectivity index (χ1) is 7.27. The fourth-order valence-electron chi connectivity index (χ4n) is 2.06. The third-order valence-electron chi connectivity index (χ3n) is 2.91. The number of benzene rings is 2. The number of nitrogens with zero attached hydrogens (tertiary/aromatic N) is 1. The monoisotopic (exact) mass is 197 g/mol. The molecule has 0 bridgehead atoms. The molecule has 0 spiro atoms. The van der Waals surface area contributed by atoms with Gasteiger partial charge in [0.2, 0.25) is 0 Å². The Bertz CT molecular complexity index is 652. The van der Waals surface area contributed by atoms with E-state index in [9.17, 15) is 0 Å². The Hall–Kier alpha value is -1.83. The summed E-state index contributed by atoms with van der Waals surface area (Å²) in [6.45, 7) is 4.05. The van der Waals surface area contributed by atoms with Gasteiger partial charge < -0.3 is 4.52 Å². The van der Waals surface area contributed by atoms with E-state index in [1.807, 2.05) is 13.0 Å². The molecule has 2 nitrogen and oxygen atoms in total. The SMILES string of the molecule is Cc1noc2c(C)c3ccccc3cc12. The molecule has 1 aromatic heterocycles. The molecule has 2 aromatic carbocycles. The van der Waals surface area contributed by atoms with Crippen LogP contribution in [0.4, 0.5) is 0 Å². The lowest BCUT2D eigenvalue weighted by atomic mass is 10.0. The normalized spacial score (nSPS) is 11.3. The highest BCUT2D eigenvalue weighted by Gasteiger charge is 2.09. The van der Waals surface area contributed by atoms with Crippen molar-refractivity contribution < 1.29 is 4.52 Å². The van der Waals surface area contributed by atoms with E-state index >= 15 is 0 Å². The number of hydrogen-bond donors (Lipinski definition) is 0. The van der Waals surface area contributed by atoms with Gasteiger partial charge in [-0.3, -0.25) is 0 Å². The molecule has 0 aliphatic rings. The smallest absolute Gasteiger partial charge is 0.170 e. The maximum Gasteiger partial charge on any atom is 0.170 e. The summed E-state index contributed by atoms with van der Waals surface area (Å²) in [4.78, 5) is 0. The fourth-order valence-corrected chi connectivity index (χ4v) is 2.06. The molecule has 3 rings (SSSR count). The van der Waals surface area contributed by atoms with Gasteiger partial charge in [0, 0.05) is 10.9 Å². The summed E-state index contributed by atoms with van der Waals surface area (Å²) in [6.07, 6.45) is 0. The van der Waals surface area contributed by atoms with Crippen molar-refractivity contribution in [2.45, 2.75) is 13.8 Å². The summed E-state index contributed by atoms with van der Waals surface area (Å²) in [5.41, 5.74) is 3.04. The fraction of sp³-hybridized carbons (Fsp3) is 0.154. The number of hydrogen-bond acceptors (Lipinski definition) is 2. The standard InChI is InChI=1S/C13H11NO/c1-8-11-6-4-3-5-10(11)7-12-9(2)14-15-13(8)12/h3-7H,1-2H3. The summed E-state index contributed by atoms with van der Waals surface area (Å²) in [6, 6.07) is 10.5. The van der Waals surface area contributed by atoms with Crippen LogP contribution in [0.5, 0.6) is 0 Å². The second-order valence-electron chi connectivity index (χ2n) is 3.87. The minimum absolute atomic E-state index is 0.909. The molecule has 1 heterocycles. The van der Waals surface area contributed by atoms with E-state index < -0.39 is 0 Å². The van der Waals surface area contributed by atoms with E-state index in [-0.39, 0.29) is 0 Å². The molecule has 0 N–H and O–H groups in total. The Labute approximate surface area is 87.5 Å². The van der Waals surface area contributed by atoms with Crippen molar-refractivity contribution >= 4 is 21.7 Å². The van der Waals surface area contributed by atoms with Crippen molar-refractivity contribution in [3.8, 4) is 0 Å². The molecule has 0 amide bonds.